The molecular formula is C9H14N2. The molecule has 0 radical (unpaired) electrons. The van der Waals surface area contributed by atoms with E-state index in [0.29, 0.717) is 11.5 Å². The minimum atomic E-state index is 0.290. The Balaban J connectivity index is 2.29. The Labute approximate surface area is 66.8 Å². The van der Waals surface area contributed by atoms with Gasteiger partial charge in [-0.3, -0.25) is 0 Å². The van der Waals surface area contributed by atoms with Crippen LogP contribution in [0, 0.1) is 0 Å². The zero-order chi connectivity index (χ0) is 7.90. The van der Waals surface area contributed by atoms with Crippen molar-refractivity contribution in [1.29, 1.82) is 0 Å². The molecule has 1 aliphatic carbocycles. The summed E-state index contributed by atoms with van der Waals surface area (Å²) in [4.78, 5) is 3.08. The Kier molecular flexibility index (Phi) is 1.33. The maximum Gasteiger partial charge on any atom is 0.0117 e. The molecule has 3 N–H and O–H groups in total. The first-order chi connectivity index (χ1) is 5.26. The largest absolute Gasteiger partial charge is 0.367 e. The molecule has 2 heteroatoms. The summed E-state index contributed by atoms with van der Waals surface area (Å²) in [5.74, 6) is 0. The SMILES string of the molecule is CC(N)C1(c2cc[nH]c2)CC1. The number of hydrogen-bond donors (Lipinski definition) is 2. The van der Waals surface area contributed by atoms with Crippen molar-refractivity contribution in [3.63, 3.8) is 0 Å². The van der Waals surface area contributed by atoms with Crippen LogP contribution in [0.2, 0.25) is 0 Å². The van der Waals surface area contributed by atoms with Crippen LogP contribution >= 0.6 is 0 Å². The zero-order valence-electron chi connectivity index (χ0n) is 6.80. The highest BCUT2D eigenvalue weighted by Gasteiger charge is 2.47. The van der Waals surface area contributed by atoms with E-state index >= 15 is 0 Å². The van der Waals surface area contributed by atoms with Gasteiger partial charge in [0.2, 0.25) is 0 Å². The molecule has 2 rings (SSSR count). The Morgan fingerprint density at radius 3 is 2.73 bits per heavy atom. The molecule has 1 fully saturated rings. The Bertz CT molecular complexity index is 232. The molecule has 1 aromatic heterocycles. The molecule has 0 amide bonds. The molecule has 0 aromatic carbocycles. The number of rotatable bonds is 2. The van der Waals surface area contributed by atoms with Crippen LogP contribution in [-0.2, 0) is 5.41 Å². The first kappa shape index (κ1) is 6.92. The van der Waals surface area contributed by atoms with E-state index in [0.717, 1.165) is 0 Å². The van der Waals surface area contributed by atoms with Crippen LogP contribution in [0.1, 0.15) is 25.3 Å². The summed E-state index contributed by atoms with van der Waals surface area (Å²) in [6, 6.07) is 2.43. The van der Waals surface area contributed by atoms with E-state index in [2.05, 4.69) is 24.2 Å². The minimum absolute atomic E-state index is 0.290. The van der Waals surface area contributed by atoms with Gasteiger partial charge in [-0.2, -0.15) is 0 Å². The average Bonchev–Trinajstić information content (AvgIpc) is 2.61. The van der Waals surface area contributed by atoms with Gasteiger partial charge in [0, 0.05) is 23.9 Å². The predicted molar refractivity (Wildman–Crippen MR) is 45.4 cm³/mol. The van der Waals surface area contributed by atoms with E-state index in [4.69, 9.17) is 5.73 Å². The molecule has 60 valence electrons. The molecule has 0 saturated heterocycles. The number of nitrogens with two attached hydrogens (primary N) is 1. The van der Waals surface area contributed by atoms with Gasteiger partial charge in [0.1, 0.15) is 0 Å². The maximum atomic E-state index is 5.91. The topological polar surface area (TPSA) is 41.8 Å². The lowest BCUT2D eigenvalue weighted by molar-refractivity contribution is 0.557. The highest BCUT2D eigenvalue weighted by molar-refractivity contribution is 5.31. The van der Waals surface area contributed by atoms with Crippen molar-refractivity contribution in [2.24, 2.45) is 5.73 Å². The maximum absolute atomic E-state index is 5.91. The molecule has 2 nitrogen and oxygen atoms in total. The van der Waals surface area contributed by atoms with E-state index < -0.39 is 0 Å². The van der Waals surface area contributed by atoms with Gasteiger partial charge in [-0.25, -0.2) is 0 Å². The van der Waals surface area contributed by atoms with Gasteiger partial charge in [0.15, 0.2) is 0 Å². The van der Waals surface area contributed by atoms with Crippen molar-refractivity contribution in [2.45, 2.75) is 31.2 Å². The van der Waals surface area contributed by atoms with Crippen LogP contribution in [-0.4, -0.2) is 11.0 Å². The Morgan fingerprint density at radius 1 is 1.64 bits per heavy atom. The van der Waals surface area contributed by atoms with Crippen molar-refractivity contribution in [3.05, 3.63) is 24.0 Å². The minimum Gasteiger partial charge on any atom is -0.367 e. The molecule has 11 heavy (non-hydrogen) atoms. The number of aromatic nitrogens is 1. The quantitative estimate of drug-likeness (QED) is 0.657. The van der Waals surface area contributed by atoms with Crippen molar-refractivity contribution in [2.75, 3.05) is 0 Å². The molecule has 1 atom stereocenters. The van der Waals surface area contributed by atoms with E-state index in [1.165, 1.54) is 18.4 Å². The molecule has 1 aliphatic rings. The van der Waals surface area contributed by atoms with Crippen LogP contribution in [0.5, 0.6) is 0 Å². The van der Waals surface area contributed by atoms with Crippen LogP contribution < -0.4 is 5.73 Å². The van der Waals surface area contributed by atoms with E-state index in [-0.39, 0.29) is 0 Å². The summed E-state index contributed by atoms with van der Waals surface area (Å²) in [7, 11) is 0. The van der Waals surface area contributed by atoms with Crippen molar-refractivity contribution in [3.8, 4) is 0 Å². The van der Waals surface area contributed by atoms with Gasteiger partial charge in [-0.1, -0.05) is 0 Å². The van der Waals surface area contributed by atoms with Gasteiger partial charge in [0.05, 0.1) is 0 Å². The fraction of sp³-hybridized carbons (Fsp3) is 0.556. The molecule has 1 heterocycles. The molecule has 1 saturated carbocycles. The van der Waals surface area contributed by atoms with Gasteiger partial charge >= 0.3 is 0 Å². The van der Waals surface area contributed by atoms with Gasteiger partial charge in [-0.15, -0.1) is 0 Å². The first-order valence-corrected chi connectivity index (χ1v) is 4.14. The number of nitrogens with one attached hydrogen (secondary N) is 1. The van der Waals surface area contributed by atoms with Gasteiger partial charge in [0.25, 0.3) is 0 Å². The Morgan fingerprint density at radius 2 is 2.36 bits per heavy atom. The predicted octanol–water partition coefficient (Wildman–Crippen LogP) is 1.39. The highest BCUT2D eigenvalue weighted by atomic mass is 14.7. The first-order valence-electron chi connectivity index (χ1n) is 4.14. The van der Waals surface area contributed by atoms with Crippen LogP contribution in [0.15, 0.2) is 18.5 Å². The lowest BCUT2D eigenvalue weighted by Gasteiger charge is -2.17. The number of aromatic amines is 1. The zero-order valence-corrected chi connectivity index (χ0v) is 6.80. The second kappa shape index (κ2) is 2.11. The van der Waals surface area contributed by atoms with Gasteiger partial charge in [-0.05, 0) is 31.4 Å². The van der Waals surface area contributed by atoms with Crippen molar-refractivity contribution >= 4 is 0 Å². The monoisotopic (exact) mass is 150 g/mol. The third kappa shape index (κ3) is 0.897. The normalized spacial score (nSPS) is 23.1. The van der Waals surface area contributed by atoms with Crippen LogP contribution in [0.25, 0.3) is 0 Å². The standard InChI is InChI=1S/C9H14N2/c1-7(10)9(3-4-9)8-2-5-11-6-8/h2,5-7,11H,3-4,10H2,1H3. The molecule has 1 aromatic rings. The fourth-order valence-electron chi connectivity index (χ4n) is 1.78. The molecule has 0 bridgehead atoms. The van der Waals surface area contributed by atoms with Crippen molar-refractivity contribution < 1.29 is 0 Å². The average molecular weight is 150 g/mol. The summed E-state index contributed by atoms with van der Waals surface area (Å²) in [5.41, 5.74) is 7.61. The van der Waals surface area contributed by atoms with Crippen LogP contribution in [0.3, 0.4) is 0 Å². The summed E-state index contributed by atoms with van der Waals surface area (Å²) < 4.78 is 0. The van der Waals surface area contributed by atoms with Crippen LogP contribution in [0.4, 0.5) is 0 Å². The van der Waals surface area contributed by atoms with E-state index in [1.807, 2.05) is 6.20 Å². The lowest BCUT2D eigenvalue weighted by Crippen LogP contribution is -2.31. The lowest BCUT2D eigenvalue weighted by atomic mass is 9.92. The second-order valence-corrected chi connectivity index (χ2v) is 3.54. The van der Waals surface area contributed by atoms with Gasteiger partial charge < -0.3 is 10.7 Å². The van der Waals surface area contributed by atoms with E-state index in [9.17, 15) is 0 Å². The third-order valence-electron chi connectivity index (χ3n) is 2.83. The highest BCUT2D eigenvalue weighted by Crippen LogP contribution is 2.49. The molecular weight excluding hydrogens is 136 g/mol. The number of H-pyrrole nitrogens is 1. The summed E-state index contributed by atoms with van der Waals surface area (Å²) in [6.45, 7) is 2.10. The van der Waals surface area contributed by atoms with E-state index in [1.54, 1.807) is 0 Å². The smallest absolute Gasteiger partial charge is 0.0117 e. The summed E-state index contributed by atoms with van der Waals surface area (Å²) >= 11 is 0. The summed E-state index contributed by atoms with van der Waals surface area (Å²) in [6.07, 6.45) is 6.54. The second-order valence-electron chi connectivity index (χ2n) is 3.54. The molecule has 0 spiro atoms. The third-order valence-corrected chi connectivity index (χ3v) is 2.83. The fourth-order valence-corrected chi connectivity index (χ4v) is 1.78. The Hall–Kier alpha value is -0.760. The molecule has 0 aliphatic heterocycles. The number of hydrogen-bond acceptors (Lipinski definition) is 1. The summed E-state index contributed by atoms with van der Waals surface area (Å²) in [5, 5.41) is 0. The molecule has 1 unspecified atom stereocenters. The van der Waals surface area contributed by atoms with Crippen molar-refractivity contribution in [1.82, 2.24) is 4.98 Å².